The van der Waals surface area contributed by atoms with Crippen LogP contribution in [0.25, 0.3) is 10.1 Å². The quantitative estimate of drug-likeness (QED) is 0.401. The first-order chi connectivity index (χ1) is 14.0. The summed E-state index contributed by atoms with van der Waals surface area (Å²) in [4.78, 5) is 11.5. The maximum absolute atomic E-state index is 10.7. The van der Waals surface area contributed by atoms with E-state index < -0.39 is 24.3 Å². The van der Waals surface area contributed by atoms with Crippen molar-refractivity contribution in [2.24, 2.45) is 11.8 Å². The van der Waals surface area contributed by atoms with Crippen LogP contribution in [0.4, 0.5) is 0 Å². The molecule has 0 amide bonds. The number of aliphatic hydroxyl groups is 3. The van der Waals surface area contributed by atoms with E-state index in [9.17, 15) is 20.1 Å². The Hall–Kier alpha value is -1.47. The summed E-state index contributed by atoms with van der Waals surface area (Å²) in [6.45, 7) is 0. The molecule has 0 bridgehead atoms. The van der Waals surface area contributed by atoms with Gasteiger partial charge in [-0.05, 0) is 61.5 Å². The van der Waals surface area contributed by atoms with Crippen molar-refractivity contribution in [2.45, 2.75) is 76.1 Å². The molecule has 0 radical (unpaired) electrons. The van der Waals surface area contributed by atoms with Crippen molar-refractivity contribution in [3.8, 4) is 0 Å². The Morgan fingerprint density at radius 1 is 1.03 bits per heavy atom. The minimum atomic E-state index is -0.753. The standard InChI is InChI=1S/C23H32O5S/c24-18(22-13-15-7-5-6-9-21(15)29-22)12-11-17-16(19(25)14-20(17)26)8-3-1-2-4-10-23(27)28/h5-7,9,13,16-20,24-26H,1-4,8,10-12,14H2,(H,27,28)/t16-,17?,18-,19+,20-/m1/s1. The van der Waals surface area contributed by atoms with Crippen LogP contribution in [0.15, 0.2) is 30.3 Å². The average Bonchev–Trinajstić information content (AvgIpc) is 3.23. The van der Waals surface area contributed by atoms with Crippen LogP contribution in [0.1, 0.15) is 68.8 Å². The predicted octanol–water partition coefficient (Wildman–Crippen LogP) is 4.50. The zero-order chi connectivity index (χ0) is 20.8. The van der Waals surface area contributed by atoms with E-state index in [1.165, 1.54) is 4.70 Å². The first-order valence-electron chi connectivity index (χ1n) is 10.7. The van der Waals surface area contributed by atoms with Gasteiger partial charge in [0.15, 0.2) is 0 Å². The van der Waals surface area contributed by atoms with Crippen LogP contribution in [-0.2, 0) is 4.79 Å². The molecule has 1 aliphatic carbocycles. The summed E-state index contributed by atoms with van der Waals surface area (Å²) >= 11 is 1.61. The first kappa shape index (κ1) is 22.2. The van der Waals surface area contributed by atoms with Gasteiger partial charge in [0.1, 0.15) is 0 Å². The lowest BCUT2D eigenvalue weighted by molar-refractivity contribution is -0.137. The third-order valence-electron chi connectivity index (χ3n) is 6.25. The molecule has 29 heavy (non-hydrogen) atoms. The van der Waals surface area contributed by atoms with Crippen molar-refractivity contribution in [2.75, 3.05) is 0 Å². The van der Waals surface area contributed by atoms with Crippen molar-refractivity contribution in [1.29, 1.82) is 0 Å². The summed E-state index contributed by atoms with van der Waals surface area (Å²) in [5.41, 5.74) is 0. The molecule has 1 aliphatic rings. The van der Waals surface area contributed by atoms with Gasteiger partial charge in [-0.25, -0.2) is 0 Å². The zero-order valence-electron chi connectivity index (χ0n) is 16.7. The molecule has 2 aromatic rings. The second-order valence-corrected chi connectivity index (χ2v) is 9.44. The topological polar surface area (TPSA) is 98.0 Å². The number of aliphatic carboxylic acids is 1. The molecule has 1 aromatic carbocycles. The van der Waals surface area contributed by atoms with Crippen LogP contribution in [0.2, 0.25) is 0 Å². The number of benzene rings is 1. The highest BCUT2D eigenvalue weighted by Crippen LogP contribution is 2.41. The zero-order valence-corrected chi connectivity index (χ0v) is 17.6. The number of aliphatic hydroxyl groups excluding tert-OH is 3. The molecule has 5 atom stereocenters. The molecule has 0 saturated heterocycles. The lowest BCUT2D eigenvalue weighted by Gasteiger charge is -2.24. The van der Waals surface area contributed by atoms with Crippen molar-refractivity contribution in [3.63, 3.8) is 0 Å². The SMILES string of the molecule is O=C(O)CCCCCC[C@@H]1C(CC[C@@H](O)c2cc3ccccc3s2)[C@H](O)C[C@@H]1O. The Bertz CT molecular complexity index is 755. The Balaban J connectivity index is 1.48. The summed E-state index contributed by atoms with van der Waals surface area (Å²) in [5, 5.41) is 41.3. The Morgan fingerprint density at radius 3 is 2.45 bits per heavy atom. The number of carboxylic acids is 1. The highest BCUT2D eigenvalue weighted by atomic mass is 32.1. The third kappa shape index (κ3) is 6.01. The second kappa shape index (κ2) is 10.5. The van der Waals surface area contributed by atoms with Gasteiger partial charge in [-0.3, -0.25) is 4.79 Å². The highest BCUT2D eigenvalue weighted by molar-refractivity contribution is 7.19. The lowest BCUT2D eigenvalue weighted by atomic mass is 9.84. The molecule has 1 heterocycles. The summed E-state index contributed by atoms with van der Waals surface area (Å²) in [5.74, 6) is -0.691. The molecular formula is C23H32O5S. The van der Waals surface area contributed by atoms with Crippen molar-refractivity contribution in [1.82, 2.24) is 0 Å². The maximum atomic E-state index is 10.7. The number of hydrogen-bond acceptors (Lipinski definition) is 5. The average molecular weight is 421 g/mol. The largest absolute Gasteiger partial charge is 0.481 e. The summed E-state index contributed by atoms with van der Waals surface area (Å²) < 4.78 is 1.17. The predicted molar refractivity (Wildman–Crippen MR) is 115 cm³/mol. The highest BCUT2D eigenvalue weighted by Gasteiger charge is 2.40. The third-order valence-corrected chi connectivity index (χ3v) is 7.46. The number of hydrogen-bond donors (Lipinski definition) is 4. The van der Waals surface area contributed by atoms with E-state index >= 15 is 0 Å². The van der Waals surface area contributed by atoms with E-state index in [0.29, 0.717) is 25.7 Å². The van der Waals surface area contributed by atoms with Crippen LogP contribution < -0.4 is 0 Å². The van der Waals surface area contributed by atoms with E-state index in [-0.39, 0.29) is 18.3 Å². The normalized spacial score (nSPS) is 25.5. The molecule has 3 rings (SSSR count). The van der Waals surface area contributed by atoms with Gasteiger partial charge < -0.3 is 20.4 Å². The smallest absolute Gasteiger partial charge is 0.303 e. The molecule has 6 heteroatoms. The Labute approximate surface area is 176 Å². The molecule has 1 saturated carbocycles. The molecular weight excluding hydrogens is 388 g/mol. The van der Waals surface area contributed by atoms with Gasteiger partial charge in [-0.1, -0.05) is 37.5 Å². The minimum Gasteiger partial charge on any atom is -0.481 e. The van der Waals surface area contributed by atoms with Gasteiger partial charge in [-0.15, -0.1) is 11.3 Å². The fraction of sp³-hybridized carbons (Fsp3) is 0.609. The van der Waals surface area contributed by atoms with Gasteiger partial charge in [0.05, 0.1) is 18.3 Å². The van der Waals surface area contributed by atoms with Gasteiger partial charge in [0, 0.05) is 16.0 Å². The molecule has 5 nitrogen and oxygen atoms in total. The summed E-state index contributed by atoms with van der Waals surface area (Å²) in [6, 6.07) is 10.1. The van der Waals surface area contributed by atoms with Crippen LogP contribution in [-0.4, -0.2) is 38.6 Å². The molecule has 0 spiro atoms. The van der Waals surface area contributed by atoms with Crippen molar-refractivity contribution < 1.29 is 25.2 Å². The Morgan fingerprint density at radius 2 is 1.72 bits per heavy atom. The number of thiophene rings is 1. The first-order valence-corrected chi connectivity index (χ1v) is 11.5. The number of rotatable bonds is 11. The summed E-state index contributed by atoms with van der Waals surface area (Å²) in [7, 11) is 0. The lowest BCUT2D eigenvalue weighted by Crippen LogP contribution is -2.23. The van der Waals surface area contributed by atoms with Gasteiger partial charge >= 0.3 is 5.97 Å². The number of carboxylic acid groups (broad SMARTS) is 1. The second-order valence-electron chi connectivity index (χ2n) is 8.32. The molecule has 1 aromatic heterocycles. The van der Waals surface area contributed by atoms with E-state index in [0.717, 1.165) is 35.9 Å². The van der Waals surface area contributed by atoms with Crippen molar-refractivity contribution in [3.05, 3.63) is 35.2 Å². The molecule has 1 unspecified atom stereocenters. The number of unbranched alkanes of at least 4 members (excludes halogenated alkanes) is 3. The van der Waals surface area contributed by atoms with Gasteiger partial charge in [0.2, 0.25) is 0 Å². The molecule has 1 fully saturated rings. The van der Waals surface area contributed by atoms with Crippen LogP contribution in [0.5, 0.6) is 0 Å². The van der Waals surface area contributed by atoms with Gasteiger partial charge in [0.25, 0.3) is 0 Å². The number of carbonyl (C=O) groups is 1. The van der Waals surface area contributed by atoms with Crippen LogP contribution in [0, 0.1) is 11.8 Å². The monoisotopic (exact) mass is 420 g/mol. The van der Waals surface area contributed by atoms with Crippen LogP contribution >= 0.6 is 11.3 Å². The molecule has 160 valence electrons. The molecule has 0 aliphatic heterocycles. The van der Waals surface area contributed by atoms with Crippen molar-refractivity contribution >= 4 is 27.4 Å². The van der Waals surface area contributed by atoms with Gasteiger partial charge in [-0.2, -0.15) is 0 Å². The molecule has 4 N–H and O–H groups in total. The van der Waals surface area contributed by atoms with E-state index in [1.807, 2.05) is 24.3 Å². The van der Waals surface area contributed by atoms with E-state index in [1.54, 1.807) is 11.3 Å². The number of fused-ring (bicyclic) bond motifs is 1. The fourth-order valence-corrected chi connectivity index (χ4v) is 5.73. The van der Waals surface area contributed by atoms with Crippen LogP contribution in [0.3, 0.4) is 0 Å². The van der Waals surface area contributed by atoms with E-state index in [2.05, 4.69) is 6.07 Å². The Kier molecular flexibility index (Phi) is 8.07. The minimum absolute atomic E-state index is 0.00745. The fourth-order valence-electron chi connectivity index (χ4n) is 4.65. The van der Waals surface area contributed by atoms with E-state index in [4.69, 9.17) is 5.11 Å². The summed E-state index contributed by atoms with van der Waals surface area (Å²) in [6.07, 6.45) is 4.64. The maximum Gasteiger partial charge on any atom is 0.303 e.